The Balaban J connectivity index is 0.00000100. The van der Waals surface area contributed by atoms with Crippen LogP contribution < -0.4 is 11.1 Å². The third-order valence-corrected chi connectivity index (χ3v) is 3.47. The highest BCUT2D eigenvalue weighted by molar-refractivity contribution is 5.88. The van der Waals surface area contributed by atoms with Crippen molar-refractivity contribution in [3.8, 4) is 0 Å². The van der Waals surface area contributed by atoms with Gasteiger partial charge in [0.2, 0.25) is 0 Å². The van der Waals surface area contributed by atoms with Crippen LogP contribution in [0.3, 0.4) is 0 Å². The van der Waals surface area contributed by atoms with Crippen molar-refractivity contribution in [1.82, 2.24) is 15.0 Å². The van der Waals surface area contributed by atoms with Gasteiger partial charge in [-0.2, -0.15) is 0 Å². The number of rotatable bonds is 5. The van der Waals surface area contributed by atoms with Crippen LogP contribution in [0.2, 0.25) is 0 Å². The van der Waals surface area contributed by atoms with Crippen molar-refractivity contribution >= 4 is 16.9 Å². The van der Waals surface area contributed by atoms with Crippen molar-refractivity contribution < 1.29 is 4.39 Å². The molecule has 0 aliphatic carbocycles. The van der Waals surface area contributed by atoms with E-state index < -0.39 is 0 Å². The van der Waals surface area contributed by atoms with Crippen molar-refractivity contribution in [2.45, 2.75) is 67.9 Å². The van der Waals surface area contributed by atoms with Crippen LogP contribution in [0.5, 0.6) is 0 Å². The van der Waals surface area contributed by atoms with E-state index in [9.17, 15) is 4.39 Å². The van der Waals surface area contributed by atoms with Crippen LogP contribution in [-0.4, -0.2) is 21.5 Å². The fourth-order valence-electron chi connectivity index (χ4n) is 2.45. The first-order chi connectivity index (χ1) is 14.1. The lowest BCUT2D eigenvalue weighted by atomic mass is 10.2. The molecule has 3 rings (SSSR count). The second-order valence-electron chi connectivity index (χ2n) is 5.85. The number of hydrogen-bond acceptors (Lipinski definition) is 4. The van der Waals surface area contributed by atoms with Crippen LogP contribution in [0.1, 0.15) is 65.0 Å². The molecule has 0 atom stereocenters. The van der Waals surface area contributed by atoms with Gasteiger partial charge >= 0.3 is 0 Å². The molecule has 2 aromatic heterocycles. The first-order valence-electron chi connectivity index (χ1n) is 10.6. The maximum Gasteiger partial charge on any atom is 0.157 e. The Kier molecular flexibility index (Phi) is 14.1. The largest absolute Gasteiger partial charge is 0.365 e. The number of halogens is 1. The minimum Gasteiger partial charge on any atom is -0.365 e. The molecule has 0 unspecified atom stereocenters. The average molecular weight is 404 g/mol. The zero-order chi connectivity index (χ0) is 22.2. The number of H-pyrrole nitrogens is 1. The number of aromatic nitrogens is 3. The monoisotopic (exact) mass is 403 g/mol. The van der Waals surface area contributed by atoms with Gasteiger partial charge in [0.05, 0.1) is 11.1 Å². The van der Waals surface area contributed by atoms with Crippen LogP contribution in [-0.2, 0) is 13.0 Å². The third kappa shape index (κ3) is 8.20. The van der Waals surface area contributed by atoms with Gasteiger partial charge in [0.15, 0.2) is 5.82 Å². The number of nitrogens with two attached hydrogens (primary N) is 1. The van der Waals surface area contributed by atoms with Crippen LogP contribution in [0.25, 0.3) is 11.0 Å². The molecule has 3 aromatic rings. The van der Waals surface area contributed by atoms with E-state index in [4.69, 9.17) is 5.73 Å². The molecular formula is C23H38FN5. The minimum atomic E-state index is -0.323. The third-order valence-electron chi connectivity index (χ3n) is 3.47. The van der Waals surface area contributed by atoms with E-state index in [1.807, 2.05) is 58.0 Å². The Labute approximate surface area is 175 Å². The summed E-state index contributed by atoms with van der Waals surface area (Å²) in [5.74, 6) is 0.767. The van der Waals surface area contributed by atoms with Crippen LogP contribution in [0, 0.1) is 12.7 Å². The zero-order valence-corrected chi connectivity index (χ0v) is 19.1. The van der Waals surface area contributed by atoms with Crippen LogP contribution in [0.15, 0.2) is 30.3 Å². The summed E-state index contributed by atoms with van der Waals surface area (Å²) in [6, 6.07) is 9.90. The maximum absolute atomic E-state index is 14.5. The number of aryl methyl sites for hydroxylation is 1. The van der Waals surface area contributed by atoms with E-state index in [0.717, 1.165) is 5.56 Å². The molecule has 0 aliphatic rings. The molecule has 29 heavy (non-hydrogen) atoms. The summed E-state index contributed by atoms with van der Waals surface area (Å²) in [5.41, 5.74) is 7.59. The van der Waals surface area contributed by atoms with E-state index in [1.165, 1.54) is 6.42 Å². The molecule has 0 fully saturated rings. The molecule has 0 radical (unpaired) electrons. The number of nitrogens with zero attached hydrogens (tertiary/aromatic N) is 2. The molecule has 5 nitrogen and oxygen atoms in total. The molecule has 2 heterocycles. The van der Waals surface area contributed by atoms with E-state index >= 15 is 0 Å². The number of aromatic amines is 1. The molecule has 0 aliphatic heterocycles. The number of nitrogens with one attached hydrogen (secondary N) is 2. The van der Waals surface area contributed by atoms with Gasteiger partial charge in [-0.3, -0.25) is 0 Å². The minimum absolute atomic E-state index is 0.323. The van der Waals surface area contributed by atoms with Gasteiger partial charge < -0.3 is 16.0 Å². The predicted octanol–water partition coefficient (Wildman–Crippen LogP) is 5.99. The Hall–Kier alpha value is -2.47. The summed E-state index contributed by atoms with van der Waals surface area (Å²) in [7, 11) is 0. The molecule has 1 aromatic carbocycles. The quantitative estimate of drug-likeness (QED) is 0.489. The van der Waals surface area contributed by atoms with Gasteiger partial charge in [-0.1, -0.05) is 78.3 Å². The van der Waals surface area contributed by atoms with Crippen LogP contribution in [0.4, 0.5) is 10.2 Å². The summed E-state index contributed by atoms with van der Waals surface area (Å²) < 4.78 is 14.5. The first kappa shape index (κ1) is 26.5. The van der Waals surface area contributed by atoms with Crippen molar-refractivity contribution in [3.63, 3.8) is 0 Å². The topological polar surface area (TPSA) is 79.6 Å². The predicted molar refractivity (Wildman–Crippen MR) is 124 cm³/mol. The number of benzene rings is 1. The lowest BCUT2D eigenvalue weighted by Gasteiger charge is -2.07. The number of anilines is 1. The first-order valence-corrected chi connectivity index (χ1v) is 10.6. The van der Waals surface area contributed by atoms with E-state index in [2.05, 4.69) is 34.1 Å². The number of fused-ring (bicyclic) bond motifs is 1. The van der Waals surface area contributed by atoms with E-state index in [1.54, 1.807) is 6.92 Å². The maximum atomic E-state index is 14.5. The summed E-state index contributed by atoms with van der Waals surface area (Å²) in [4.78, 5) is 11.6. The highest BCUT2D eigenvalue weighted by Crippen LogP contribution is 2.26. The highest BCUT2D eigenvalue weighted by atomic mass is 19.1. The Morgan fingerprint density at radius 3 is 2.17 bits per heavy atom. The molecule has 0 saturated heterocycles. The molecule has 162 valence electrons. The fourth-order valence-corrected chi connectivity index (χ4v) is 2.45. The van der Waals surface area contributed by atoms with Crippen molar-refractivity contribution in [2.24, 2.45) is 5.73 Å². The Bertz CT molecular complexity index is 800. The van der Waals surface area contributed by atoms with Crippen molar-refractivity contribution in [3.05, 3.63) is 53.2 Å². The second kappa shape index (κ2) is 15.5. The van der Waals surface area contributed by atoms with Crippen molar-refractivity contribution in [1.29, 1.82) is 0 Å². The summed E-state index contributed by atoms with van der Waals surface area (Å²) in [6.45, 7) is 15.0. The standard InChI is InChI=1S/C16H18FN5.C3H8.2C2H6/c1-10-20-15(19-9-11-5-3-2-4-6-11)13-14(17)12(7-8-18)22-16(13)21-10;1-3-2;2*1-2/h2-6H,7-9,18H2,1H3,(H2,19,20,21,22);3H2,1-2H3;2*1-2H3. The molecular weight excluding hydrogens is 365 g/mol. The molecule has 6 heteroatoms. The molecule has 0 spiro atoms. The second-order valence-corrected chi connectivity index (χ2v) is 5.85. The summed E-state index contributed by atoms with van der Waals surface area (Å²) in [5, 5.41) is 3.59. The Morgan fingerprint density at radius 2 is 1.62 bits per heavy atom. The van der Waals surface area contributed by atoms with E-state index in [0.29, 0.717) is 47.9 Å². The zero-order valence-electron chi connectivity index (χ0n) is 19.1. The lowest BCUT2D eigenvalue weighted by molar-refractivity contribution is 0.618. The normalized spacial score (nSPS) is 9.41. The molecule has 0 amide bonds. The van der Waals surface area contributed by atoms with Gasteiger partial charge in [0.1, 0.15) is 17.3 Å². The van der Waals surface area contributed by atoms with Gasteiger partial charge in [-0.05, 0) is 19.0 Å². The molecule has 0 saturated carbocycles. The smallest absolute Gasteiger partial charge is 0.157 e. The van der Waals surface area contributed by atoms with Gasteiger partial charge in [-0.25, -0.2) is 14.4 Å². The van der Waals surface area contributed by atoms with Gasteiger partial charge in [-0.15, -0.1) is 0 Å². The fraction of sp³-hybridized carbons (Fsp3) is 0.478. The summed E-state index contributed by atoms with van der Waals surface area (Å²) >= 11 is 0. The van der Waals surface area contributed by atoms with Crippen molar-refractivity contribution in [2.75, 3.05) is 11.9 Å². The van der Waals surface area contributed by atoms with Crippen LogP contribution >= 0.6 is 0 Å². The SMILES string of the molecule is CC.CC.CCC.Cc1nc(NCc2ccccc2)c2c(F)c(CCN)[nH]c2n1. The highest BCUT2D eigenvalue weighted by Gasteiger charge is 2.17. The van der Waals surface area contributed by atoms with Gasteiger partial charge in [0.25, 0.3) is 0 Å². The summed E-state index contributed by atoms with van der Waals surface area (Å²) in [6.07, 6.45) is 1.69. The lowest BCUT2D eigenvalue weighted by Crippen LogP contribution is -2.05. The Morgan fingerprint density at radius 1 is 1.03 bits per heavy atom. The molecule has 0 bridgehead atoms. The molecule has 4 N–H and O–H groups in total. The van der Waals surface area contributed by atoms with Gasteiger partial charge in [0, 0.05) is 13.0 Å². The number of hydrogen-bond donors (Lipinski definition) is 3. The van der Waals surface area contributed by atoms with E-state index in [-0.39, 0.29) is 5.82 Å². The average Bonchev–Trinajstić information content (AvgIpc) is 3.06.